The quantitative estimate of drug-likeness (QED) is 0.441. The number of aromatic nitrogens is 2. The number of hydrogen-bond acceptors (Lipinski definition) is 2. The van der Waals surface area contributed by atoms with Crippen LogP contribution in [0.5, 0.6) is 0 Å². The van der Waals surface area contributed by atoms with E-state index < -0.39 is 0 Å². The molecule has 2 aromatic carbocycles. The van der Waals surface area contributed by atoms with Crippen LogP contribution in [0, 0.1) is 3.57 Å². The molecule has 0 saturated heterocycles. The van der Waals surface area contributed by atoms with Crippen LogP contribution in [0.15, 0.2) is 48.5 Å². The summed E-state index contributed by atoms with van der Waals surface area (Å²) in [5.74, 6) is 0.947. The lowest BCUT2D eigenvalue weighted by Crippen LogP contribution is -2.09. The number of aliphatic hydroxyl groups excluding tert-OH is 1. The van der Waals surface area contributed by atoms with Gasteiger partial charge in [-0.15, -0.1) is 0 Å². The van der Waals surface area contributed by atoms with Gasteiger partial charge in [0.05, 0.1) is 12.3 Å². The zero-order valence-electron chi connectivity index (χ0n) is 14.8. The molecule has 136 valence electrons. The monoisotopic (exact) mass is 480 g/mol. The Balaban J connectivity index is 1.91. The SMILES string of the molecule is CCCCc1nc(Cl)c(CO)n1Cc1ccc(-c2ccccc2)c(I)c1. The van der Waals surface area contributed by atoms with E-state index in [-0.39, 0.29) is 6.61 Å². The van der Waals surface area contributed by atoms with E-state index in [0.29, 0.717) is 17.4 Å². The first-order valence-electron chi connectivity index (χ1n) is 8.82. The standard InChI is InChI=1S/C21H22ClIN2O/c1-2-3-9-20-24-21(22)19(14-26)25(20)13-15-10-11-17(18(23)12-15)16-7-5-4-6-8-16/h4-8,10-12,26H,2-3,9,13-14H2,1H3. The summed E-state index contributed by atoms with van der Waals surface area (Å²) in [6.45, 7) is 2.73. The van der Waals surface area contributed by atoms with E-state index in [1.54, 1.807) is 0 Å². The fraction of sp³-hybridized carbons (Fsp3) is 0.286. The molecular formula is C21H22ClIN2O. The van der Waals surface area contributed by atoms with Gasteiger partial charge in [-0.1, -0.05) is 67.4 Å². The molecular weight excluding hydrogens is 459 g/mol. The van der Waals surface area contributed by atoms with Crippen molar-refractivity contribution in [1.29, 1.82) is 0 Å². The van der Waals surface area contributed by atoms with Crippen molar-refractivity contribution >= 4 is 34.2 Å². The zero-order chi connectivity index (χ0) is 18.5. The largest absolute Gasteiger partial charge is 0.390 e. The first-order chi connectivity index (χ1) is 12.6. The summed E-state index contributed by atoms with van der Waals surface area (Å²) in [7, 11) is 0. The second kappa shape index (κ2) is 9.02. The van der Waals surface area contributed by atoms with Gasteiger partial charge in [0.2, 0.25) is 0 Å². The van der Waals surface area contributed by atoms with Gasteiger partial charge in [0, 0.05) is 16.5 Å². The number of imidazole rings is 1. The molecule has 0 unspecified atom stereocenters. The maximum absolute atomic E-state index is 9.72. The molecule has 1 heterocycles. The highest BCUT2D eigenvalue weighted by Crippen LogP contribution is 2.27. The highest BCUT2D eigenvalue weighted by atomic mass is 127. The minimum atomic E-state index is -0.100. The van der Waals surface area contributed by atoms with Gasteiger partial charge in [0.1, 0.15) is 5.82 Å². The van der Waals surface area contributed by atoms with Crippen LogP contribution >= 0.6 is 34.2 Å². The number of aryl methyl sites for hydroxylation is 1. The Morgan fingerprint density at radius 2 is 1.92 bits per heavy atom. The van der Waals surface area contributed by atoms with Crippen molar-refractivity contribution in [3.8, 4) is 11.1 Å². The predicted molar refractivity (Wildman–Crippen MR) is 115 cm³/mol. The van der Waals surface area contributed by atoms with Crippen molar-refractivity contribution in [2.75, 3.05) is 0 Å². The Morgan fingerprint density at radius 1 is 1.15 bits per heavy atom. The van der Waals surface area contributed by atoms with Crippen LogP contribution in [0.1, 0.15) is 36.8 Å². The summed E-state index contributed by atoms with van der Waals surface area (Å²) in [4.78, 5) is 4.47. The second-order valence-electron chi connectivity index (χ2n) is 6.29. The van der Waals surface area contributed by atoms with Crippen LogP contribution in [-0.2, 0) is 19.6 Å². The number of benzene rings is 2. The van der Waals surface area contributed by atoms with Gasteiger partial charge in [0.25, 0.3) is 0 Å². The highest BCUT2D eigenvalue weighted by molar-refractivity contribution is 14.1. The molecule has 0 spiro atoms. The van der Waals surface area contributed by atoms with Crippen LogP contribution in [0.2, 0.25) is 5.15 Å². The Hall–Kier alpha value is -1.37. The van der Waals surface area contributed by atoms with Gasteiger partial charge < -0.3 is 9.67 Å². The molecule has 1 aromatic heterocycles. The maximum atomic E-state index is 9.72. The van der Waals surface area contributed by atoms with Gasteiger partial charge in [0.15, 0.2) is 5.15 Å². The molecule has 0 aliphatic carbocycles. The summed E-state index contributed by atoms with van der Waals surface area (Å²) in [6.07, 6.45) is 3.03. The molecule has 0 saturated carbocycles. The molecule has 3 nitrogen and oxygen atoms in total. The van der Waals surface area contributed by atoms with Crippen LogP contribution < -0.4 is 0 Å². The van der Waals surface area contributed by atoms with Crippen molar-refractivity contribution in [3.63, 3.8) is 0 Å². The lowest BCUT2D eigenvalue weighted by molar-refractivity contribution is 0.271. The topological polar surface area (TPSA) is 38.1 Å². The van der Waals surface area contributed by atoms with Crippen LogP contribution in [-0.4, -0.2) is 14.7 Å². The molecule has 0 amide bonds. The number of aliphatic hydroxyl groups is 1. The summed E-state index contributed by atoms with van der Waals surface area (Å²) in [5.41, 5.74) is 4.32. The molecule has 5 heteroatoms. The van der Waals surface area contributed by atoms with E-state index in [4.69, 9.17) is 11.6 Å². The van der Waals surface area contributed by atoms with Gasteiger partial charge in [-0.2, -0.15) is 0 Å². The minimum Gasteiger partial charge on any atom is -0.390 e. The van der Waals surface area contributed by atoms with E-state index in [0.717, 1.165) is 25.1 Å². The Labute approximate surface area is 173 Å². The number of rotatable bonds is 7. The normalized spacial score (nSPS) is 11.1. The Bertz CT molecular complexity index is 877. The van der Waals surface area contributed by atoms with Crippen molar-refractivity contribution in [2.24, 2.45) is 0 Å². The molecule has 0 aliphatic rings. The fourth-order valence-corrected chi connectivity index (χ4v) is 4.21. The third-order valence-electron chi connectivity index (χ3n) is 4.47. The first-order valence-corrected chi connectivity index (χ1v) is 10.3. The third-order valence-corrected chi connectivity index (χ3v) is 5.66. The second-order valence-corrected chi connectivity index (χ2v) is 7.81. The van der Waals surface area contributed by atoms with E-state index in [9.17, 15) is 5.11 Å². The lowest BCUT2D eigenvalue weighted by atomic mass is 10.0. The number of unbranched alkanes of at least 4 members (excludes halogenated alkanes) is 1. The molecule has 3 rings (SSSR count). The van der Waals surface area contributed by atoms with Crippen molar-refractivity contribution in [2.45, 2.75) is 39.3 Å². The van der Waals surface area contributed by atoms with E-state index in [2.05, 4.69) is 81.5 Å². The zero-order valence-corrected chi connectivity index (χ0v) is 17.7. The molecule has 0 bridgehead atoms. The van der Waals surface area contributed by atoms with E-state index in [1.165, 1.54) is 20.3 Å². The summed E-state index contributed by atoms with van der Waals surface area (Å²) < 4.78 is 3.27. The van der Waals surface area contributed by atoms with Crippen LogP contribution in [0.4, 0.5) is 0 Å². The van der Waals surface area contributed by atoms with Gasteiger partial charge in [-0.25, -0.2) is 4.98 Å². The number of hydrogen-bond donors (Lipinski definition) is 1. The fourth-order valence-electron chi connectivity index (χ4n) is 3.06. The number of halogens is 2. The Morgan fingerprint density at radius 3 is 2.58 bits per heavy atom. The van der Waals surface area contributed by atoms with Crippen molar-refractivity contribution in [3.05, 3.63) is 74.3 Å². The van der Waals surface area contributed by atoms with E-state index in [1.807, 2.05) is 6.07 Å². The smallest absolute Gasteiger partial charge is 0.152 e. The summed E-state index contributed by atoms with van der Waals surface area (Å²) in [6, 6.07) is 16.9. The van der Waals surface area contributed by atoms with Crippen molar-refractivity contribution in [1.82, 2.24) is 9.55 Å². The van der Waals surface area contributed by atoms with Gasteiger partial charge in [-0.3, -0.25) is 0 Å². The average molecular weight is 481 g/mol. The third kappa shape index (κ3) is 4.30. The predicted octanol–water partition coefficient (Wildman–Crippen LogP) is 5.69. The molecule has 0 fully saturated rings. The highest BCUT2D eigenvalue weighted by Gasteiger charge is 2.15. The van der Waals surface area contributed by atoms with Gasteiger partial charge >= 0.3 is 0 Å². The number of nitrogens with zero attached hydrogens (tertiary/aromatic N) is 2. The molecule has 3 aromatic rings. The molecule has 0 aliphatic heterocycles. The minimum absolute atomic E-state index is 0.100. The summed E-state index contributed by atoms with van der Waals surface area (Å²) in [5, 5.41) is 10.1. The lowest BCUT2D eigenvalue weighted by Gasteiger charge is -2.13. The van der Waals surface area contributed by atoms with Crippen LogP contribution in [0.25, 0.3) is 11.1 Å². The Kier molecular flexibility index (Phi) is 6.73. The molecule has 0 atom stereocenters. The van der Waals surface area contributed by atoms with Crippen LogP contribution in [0.3, 0.4) is 0 Å². The first kappa shape index (κ1) is 19.4. The molecule has 26 heavy (non-hydrogen) atoms. The maximum Gasteiger partial charge on any atom is 0.152 e. The summed E-state index contributed by atoms with van der Waals surface area (Å²) >= 11 is 8.62. The van der Waals surface area contributed by atoms with Gasteiger partial charge in [-0.05, 0) is 51.8 Å². The molecule has 1 N–H and O–H groups in total. The van der Waals surface area contributed by atoms with Crippen molar-refractivity contribution < 1.29 is 5.11 Å². The molecule has 0 radical (unpaired) electrons. The average Bonchev–Trinajstić information content (AvgIpc) is 2.95. The van der Waals surface area contributed by atoms with E-state index >= 15 is 0 Å².